The van der Waals surface area contributed by atoms with Crippen LogP contribution >= 0.6 is 0 Å². The van der Waals surface area contributed by atoms with Crippen molar-refractivity contribution in [3.05, 3.63) is 54.1 Å². The SMILES string of the molecule is O=C(Nc1ccc(NC2CCCCC2)cc1)c1ccccc1S(=O)(=O)N1CCCCC1. The summed E-state index contributed by atoms with van der Waals surface area (Å²) in [6.07, 6.45) is 9.00. The number of anilines is 2. The van der Waals surface area contributed by atoms with E-state index in [2.05, 4.69) is 10.6 Å². The maximum absolute atomic E-state index is 13.1. The molecule has 7 heteroatoms. The number of nitrogens with one attached hydrogen (secondary N) is 2. The van der Waals surface area contributed by atoms with Gasteiger partial charge in [0, 0.05) is 30.5 Å². The van der Waals surface area contributed by atoms with E-state index in [-0.39, 0.29) is 10.5 Å². The second-order valence-corrected chi connectivity index (χ2v) is 10.4. The first-order valence-electron chi connectivity index (χ1n) is 11.3. The van der Waals surface area contributed by atoms with E-state index in [9.17, 15) is 13.2 Å². The molecule has 1 aliphatic heterocycles. The number of benzene rings is 2. The summed E-state index contributed by atoms with van der Waals surface area (Å²) in [4.78, 5) is 13.0. The molecule has 2 aromatic carbocycles. The van der Waals surface area contributed by atoms with E-state index in [1.807, 2.05) is 24.3 Å². The number of carbonyl (C=O) groups is 1. The molecule has 166 valence electrons. The molecule has 2 N–H and O–H groups in total. The Morgan fingerprint density at radius 1 is 0.806 bits per heavy atom. The standard InChI is InChI=1S/C24H31N3O3S/c28-24(26-21-15-13-20(14-16-21)25-19-9-3-1-4-10-19)22-11-5-6-12-23(22)31(29,30)27-17-7-2-8-18-27/h5-6,11-16,19,25H,1-4,7-10,17-18H2,(H,26,28). The first-order chi connectivity index (χ1) is 15.0. The zero-order chi connectivity index (χ0) is 21.7. The van der Waals surface area contributed by atoms with E-state index in [0.717, 1.165) is 24.9 Å². The topological polar surface area (TPSA) is 78.5 Å². The maximum Gasteiger partial charge on any atom is 0.257 e. The van der Waals surface area contributed by atoms with Crippen LogP contribution in [0.5, 0.6) is 0 Å². The van der Waals surface area contributed by atoms with Crippen molar-refractivity contribution in [3.8, 4) is 0 Å². The van der Waals surface area contributed by atoms with Gasteiger partial charge in [-0.1, -0.05) is 37.8 Å². The number of hydrogen-bond acceptors (Lipinski definition) is 4. The molecular weight excluding hydrogens is 410 g/mol. The van der Waals surface area contributed by atoms with Crippen LogP contribution in [0.2, 0.25) is 0 Å². The smallest absolute Gasteiger partial charge is 0.257 e. The molecule has 0 atom stereocenters. The number of hydrogen-bond donors (Lipinski definition) is 2. The summed E-state index contributed by atoms with van der Waals surface area (Å²) in [7, 11) is -3.69. The molecule has 0 unspecified atom stereocenters. The van der Waals surface area contributed by atoms with Gasteiger partial charge in [-0.2, -0.15) is 4.31 Å². The number of sulfonamides is 1. The van der Waals surface area contributed by atoms with Gasteiger partial charge in [-0.15, -0.1) is 0 Å². The van der Waals surface area contributed by atoms with Gasteiger partial charge < -0.3 is 10.6 Å². The van der Waals surface area contributed by atoms with Gasteiger partial charge in [0.1, 0.15) is 0 Å². The third-order valence-electron chi connectivity index (χ3n) is 6.18. The van der Waals surface area contributed by atoms with Crippen LogP contribution in [-0.2, 0) is 10.0 Å². The first-order valence-corrected chi connectivity index (χ1v) is 12.8. The second-order valence-electron chi connectivity index (χ2n) is 8.47. The Kier molecular flexibility index (Phi) is 6.92. The van der Waals surface area contributed by atoms with Crippen LogP contribution < -0.4 is 10.6 Å². The maximum atomic E-state index is 13.1. The summed E-state index contributed by atoms with van der Waals surface area (Å²) in [6.45, 7) is 1.02. The number of rotatable bonds is 6. The molecule has 31 heavy (non-hydrogen) atoms. The van der Waals surface area contributed by atoms with Gasteiger partial charge in [-0.05, 0) is 62.1 Å². The first kappa shape index (κ1) is 21.8. The van der Waals surface area contributed by atoms with Crippen molar-refractivity contribution in [1.82, 2.24) is 4.31 Å². The average molecular weight is 442 g/mol. The molecule has 2 aliphatic rings. The predicted octanol–water partition coefficient (Wildman–Crippen LogP) is 4.86. The lowest BCUT2D eigenvalue weighted by Gasteiger charge is -2.26. The van der Waals surface area contributed by atoms with Crippen LogP contribution in [0, 0.1) is 0 Å². The van der Waals surface area contributed by atoms with E-state index < -0.39 is 15.9 Å². The Labute approximate surface area is 185 Å². The van der Waals surface area contributed by atoms with Gasteiger partial charge in [0.2, 0.25) is 10.0 Å². The van der Waals surface area contributed by atoms with Crippen molar-refractivity contribution in [1.29, 1.82) is 0 Å². The summed E-state index contributed by atoms with van der Waals surface area (Å²) in [5.41, 5.74) is 1.86. The third kappa shape index (κ3) is 5.28. The van der Waals surface area contributed by atoms with E-state index >= 15 is 0 Å². The Balaban J connectivity index is 1.46. The highest BCUT2D eigenvalue weighted by Crippen LogP contribution is 2.25. The molecule has 1 saturated heterocycles. The van der Waals surface area contributed by atoms with Crippen LogP contribution in [0.25, 0.3) is 0 Å². The summed E-state index contributed by atoms with van der Waals surface area (Å²) < 4.78 is 27.8. The lowest BCUT2D eigenvalue weighted by Crippen LogP contribution is -2.36. The highest BCUT2D eigenvalue weighted by molar-refractivity contribution is 7.89. The fourth-order valence-corrected chi connectivity index (χ4v) is 6.16. The van der Waals surface area contributed by atoms with E-state index in [1.165, 1.54) is 42.5 Å². The molecule has 0 bridgehead atoms. The summed E-state index contributed by atoms with van der Waals surface area (Å²) >= 11 is 0. The van der Waals surface area contributed by atoms with E-state index in [1.54, 1.807) is 18.2 Å². The average Bonchev–Trinajstić information content (AvgIpc) is 2.81. The summed E-state index contributed by atoms with van der Waals surface area (Å²) in [5.74, 6) is -0.413. The molecule has 2 fully saturated rings. The minimum absolute atomic E-state index is 0.0741. The lowest BCUT2D eigenvalue weighted by atomic mass is 9.95. The molecule has 6 nitrogen and oxygen atoms in total. The molecule has 1 aliphatic carbocycles. The van der Waals surface area contributed by atoms with Gasteiger partial charge >= 0.3 is 0 Å². The van der Waals surface area contributed by atoms with Gasteiger partial charge in [-0.3, -0.25) is 4.79 Å². The zero-order valence-electron chi connectivity index (χ0n) is 17.8. The molecule has 0 aromatic heterocycles. The molecule has 1 heterocycles. The molecule has 4 rings (SSSR count). The monoisotopic (exact) mass is 441 g/mol. The highest BCUT2D eigenvalue weighted by atomic mass is 32.2. The van der Waals surface area contributed by atoms with Gasteiger partial charge in [0.15, 0.2) is 0 Å². The molecule has 0 radical (unpaired) electrons. The van der Waals surface area contributed by atoms with E-state index in [4.69, 9.17) is 0 Å². The fourth-order valence-electron chi connectivity index (χ4n) is 4.45. The van der Waals surface area contributed by atoms with Crippen LogP contribution in [0.15, 0.2) is 53.4 Å². The minimum atomic E-state index is -3.69. The Morgan fingerprint density at radius 3 is 2.13 bits per heavy atom. The number of piperidine rings is 1. The largest absolute Gasteiger partial charge is 0.382 e. The zero-order valence-corrected chi connectivity index (χ0v) is 18.7. The highest BCUT2D eigenvalue weighted by Gasteiger charge is 2.29. The minimum Gasteiger partial charge on any atom is -0.382 e. The van der Waals surface area contributed by atoms with Crippen molar-refractivity contribution in [3.63, 3.8) is 0 Å². The Morgan fingerprint density at radius 2 is 1.42 bits per heavy atom. The van der Waals surface area contributed by atoms with Gasteiger partial charge in [0.05, 0.1) is 10.5 Å². The predicted molar refractivity (Wildman–Crippen MR) is 124 cm³/mol. The van der Waals surface area contributed by atoms with Crippen LogP contribution in [0.1, 0.15) is 61.7 Å². The second kappa shape index (κ2) is 9.83. The number of amides is 1. The fraction of sp³-hybridized carbons (Fsp3) is 0.458. The van der Waals surface area contributed by atoms with Crippen molar-refractivity contribution in [2.45, 2.75) is 62.3 Å². The van der Waals surface area contributed by atoms with Gasteiger partial charge in [0.25, 0.3) is 5.91 Å². The third-order valence-corrected chi connectivity index (χ3v) is 8.14. The normalized spacial score (nSPS) is 18.5. The Hall–Kier alpha value is -2.38. The van der Waals surface area contributed by atoms with Crippen LogP contribution in [0.4, 0.5) is 11.4 Å². The lowest BCUT2D eigenvalue weighted by molar-refractivity contribution is 0.102. The van der Waals surface area contributed by atoms with Crippen molar-refractivity contribution >= 4 is 27.3 Å². The quantitative estimate of drug-likeness (QED) is 0.671. The van der Waals surface area contributed by atoms with Gasteiger partial charge in [-0.25, -0.2) is 8.42 Å². The van der Waals surface area contributed by atoms with E-state index in [0.29, 0.717) is 24.8 Å². The summed E-state index contributed by atoms with van der Waals surface area (Å²) in [6, 6.07) is 14.6. The van der Waals surface area contributed by atoms with Crippen molar-refractivity contribution in [2.75, 3.05) is 23.7 Å². The molecule has 1 saturated carbocycles. The number of nitrogens with zero attached hydrogens (tertiary/aromatic N) is 1. The van der Waals surface area contributed by atoms with Crippen LogP contribution in [-0.4, -0.2) is 37.8 Å². The molecule has 1 amide bonds. The molecule has 0 spiro atoms. The number of carbonyl (C=O) groups excluding carboxylic acids is 1. The Bertz CT molecular complexity index is 993. The molecule has 2 aromatic rings. The van der Waals surface area contributed by atoms with Crippen LogP contribution in [0.3, 0.4) is 0 Å². The van der Waals surface area contributed by atoms with Crippen molar-refractivity contribution < 1.29 is 13.2 Å². The van der Waals surface area contributed by atoms with Crippen molar-refractivity contribution in [2.24, 2.45) is 0 Å². The molecular formula is C24H31N3O3S. The summed E-state index contributed by atoms with van der Waals surface area (Å²) in [5, 5.41) is 6.42.